The fourth-order valence-electron chi connectivity index (χ4n) is 4.02. The van der Waals surface area contributed by atoms with Crippen molar-refractivity contribution in [2.24, 2.45) is 11.8 Å². The van der Waals surface area contributed by atoms with E-state index in [4.69, 9.17) is 4.52 Å². The van der Waals surface area contributed by atoms with Crippen LogP contribution in [-0.2, 0) is 11.2 Å². The van der Waals surface area contributed by atoms with Crippen molar-refractivity contribution >= 4 is 5.91 Å². The molecule has 1 amide bonds. The molecule has 126 valence electrons. The van der Waals surface area contributed by atoms with Crippen LogP contribution in [0.3, 0.4) is 0 Å². The summed E-state index contributed by atoms with van der Waals surface area (Å²) in [7, 11) is 0. The highest BCUT2D eigenvalue weighted by Crippen LogP contribution is 2.44. The zero-order valence-electron chi connectivity index (χ0n) is 13.8. The van der Waals surface area contributed by atoms with Crippen LogP contribution in [-0.4, -0.2) is 22.1 Å². The van der Waals surface area contributed by atoms with Gasteiger partial charge >= 0.3 is 0 Å². The Labute approximate surface area is 137 Å². The monoisotopic (exact) mass is 317 g/mol. The SMILES string of the molecule is O=C(CCCc1nc(C2CC2)no1)NC1CC1C1CCCCC1. The predicted octanol–water partition coefficient (Wildman–Crippen LogP) is 3.35. The van der Waals surface area contributed by atoms with Gasteiger partial charge in [-0.15, -0.1) is 0 Å². The van der Waals surface area contributed by atoms with E-state index in [9.17, 15) is 4.79 Å². The fraction of sp³-hybridized carbons (Fsp3) is 0.833. The molecule has 2 atom stereocenters. The van der Waals surface area contributed by atoms with Gasteiger partial charge in [0.2, 0.25) is 11.8 Å². The fourth-order valence-corrected chi connectivity index (χ4v) is 4.02. The lowest BCUT2D eigenvalue weighted by Crippen LogP contribution is -2.28. The maximum absolute atomic E-state index is 12.1. The van der Waals surface area contributed by atoms with Gasteiger partial charge in [-0.3, -0.25) is 4.79 Å². The van der Waals surface area contributed by atoms with Crippen molar-refractivity contribution in [1.82, 2.24) is 15.5 Å². The van der Waals surface area contributed by atoms with Gasteiger partial charge < -0.3 is 9.84 Å². The van der Waals surface area contributed by atoms with Crippen LogP contribution in [0.4, 0.5) is 0 Å². The van der Waals surface area contributed by atoms with E-state index >= 15 is 0 Å². The van der Waals surface area contributed by atoms with E-state index in [0.29, 0.717) is 30.7 Å². The number of amides is 1. The van der Waals surface area contributed by atoms with E-state index in [1.165, 1.54) is 51.4 Å². The van der Waals surface area contributed by atoms with Crippen molar-refractivity contribution in [2.45, 2.75) is 82.6 Å². The second-order valence-corrected chi connectivity index (χ2v) is 7.65. The molecule has 2 unspecified atom stereocenters. The summed E-state index contributed by atoms with van der Waals surface area (Å²) in [4.78, 5) is 16.5. The van der Waals surface area contributed by atoms with Crippen LogP contribution in [0.5, 0.6) is 0 Å². The Morgan fingerprint density at radius 2 is 2.00 bits per heavy atom. The average molecular weight is 317 g/mol. The van der Waals surface area contributed by atoms with Crippen molar-refractivity contribution in [3.63, 3.8) is 0 Å². The van der Waals surface area contributed by atoms with Gasteiger partial charge in [0.15, 0.2) is 5.82 Å². The molecule has 5 nitrogen and oxygen atoms in total. The van der Waals surface area contributed by atoms with E-state index in [1.54, 1.807) is 0 Å². The highest BCUT2D eigenvalue weighted by Gasteiger charge is 2.43. The molecule has 3 fully saturated rings. The molecule has 1 heterocycles. The quantitative estimate of drug-likeness (QED) is 0.837. The minimum absolute atomic E-state index is 0.190. The van der Waals surface area contributed by atoms with Gasteiger partial charge in [0.25, 0.3) is 0 Å². The van der Waals surface area contributed by atoms with Gasteiger partial charge in [-0.05, 0) is 37.5 Å². The first-order valence-corrected chi connectivity index (χ1v) is 9.41. The highest BCUT2D eigenvalue weighted by molar-refractivity contribution is 5.76. The second-order valence-electron chi connectivity index (χ2n) is 7.65. The number of hydrogen-bond acceptors (Lipinski definition) is 4. The third kappa shape index (κ3) is 3.93. The molecule has 3 aliphatic carbocycles. The van der Waals surface area contributed by atoms with E-state index < -0.39 is 0 Å². The lowest BCUT2D eigenvalue weighted by Gasteiger charge is -2.21. The molecular formula is C18H27N3O2. The van der Waals surface area contributed by atoms with Gasteiger partial charge in [-0.1, -0.05) is 37.3 Å². The van der Waals surface area contributed by atoms with Gasteiger partial charge in [0.05, 0.1) is 0 Å². The summed E-state index contributed by atoms with van der Waals surface area (Å²) in [5.41, 5.74) is 0. The molecule has 0 spiro atoms. The third-order valence-electron chi connectivity index (χ3n) is 5.66. The zero-order valence-corrected chi connectivity index (χ0v) is 13.8. The Hall–Kier alpha value is -1.39. The van der Waals surface area contributed by atoms with Crippen LogP contribution in [0, 0.1) is 11.8 Å². The minimum atomic E-state index is 0.190. The lowest BCUT2D eigenvalue weighted by molar-refractivity contribution is -0.121. The van der Waals surface area contributed by atoms with E-state index in [-0.39, 0.29) is 5.91 Å². The molecule has 1 N–H and O–H groups in total. The number of carbonyl (C=O) groups excluding carboxylic acids is 1. The number of nitrogens with zero attached hydrogens (tertiary/aromatic N) is 2. The second kappa shape index (κ2) is 6.62. The average Bonchev–Trinajstić information content (AvgIpc) is 3.49. The van der Waals surface area contributed by atoms with Crippen molar-refractivity contribution in [3.05, 3.63) is 11.7 Å². The van der Waals surface area contributed by atoms with Crippen molar-refractivity contribution < 1.29 is 9.32 Å². The Kier molecular flexibility index (Phi) is 4.36. The minimum Gasteiger partial charge on any atom is -0.353 e. The molecule has 23 heavy (non-hydrogen) atoms. The van der Waals surface area contributed by atoms with Gasteiger partial charge in [-0.2, -0.15) is 4.98 Å². The summed E-state index contributed by atoms with van der Waals surface area (Å²) in [5, 5.41) is 7.22. The van der Waals surface area contributed by atoms with Crippen LogP contribution in [0.25, 0.3) is 0 Å². The summed E-state index contributed by atoms with van der Waals surface area (Å²) < 4.78 is 5.24. The Morgan fingerprint density at radius 1 is 1.17 bits per heavy atom. The van der Waals surface area contributed by atoms with Crippen molar-refractivity contribution in [1.29, 1.82) is 0 Å². The first-order chi connectivity index (χ1) is 11.3. The number of nitrogens with one attached hydrogen (secondary N) is 1. The van der Waals surface area contributed by atoms with Crippen LogP contribution in [0.15, 0.2) is 4.52 Å². The summed E-state index contributed by atoms with van der Waals surface area (Å²) >= 11 is 0. The zero-order chi connectivity index (χ0) is 15.6. The first kappa shape index (κ1) is 15.2. The van der Waals surface area contributed by atoms with Crippen LogP contribution in [0.2, 0.25) is 0 Å². The molecule has 3 aliphatic rings. The number of aryl methyl sites for hydroxylation is 1. The summed E-state index contributed by atoms with van der Waals surface area (Å²) in [6, 6.07) is 0.454. The van der Waals surface area contributed by atoms with Crippen molar-refractivity contribution in [2.75, 3.05) is 0 Å². The first-order valence-electron chi connectivity index (χ1n) is 9.41. The maximum atomic E-state index is 12.1. The lowest BCUT2D eigenvalue weighted by atomic mass is 9.85. The Morgan fingerprint density at radius 3 is 2.78 bits per heavy atom. The van der Waals surface area contributed by atoms with Crippen LogP contribution in [0.1, 0.15) is 81.8 Å². The number of hydrogen-bond donors (Lipinski definition) is 1. The molecule has 5 heteroatoms. The standard InChI is InChI=1S/C18H27N3O2/c22-16(19-15-11-14(15)12-5-2-1-3-6-12)7-4-8-17-20-18(21-23-17)13-9-10-13/h12-15H,1-11H2,(H,19,22). The predicted molar refractivity (Wildman–Crippen MR) is 85.8 cm³/mol. The normalized spacial score (nSPS) is 27.8. The summed E-state index contributed by atoms with van der Waals surface area (Å²) in [6.45, 7) is 0. The van der Waals surface area contributed by atoms with E-state index in [0.717, 1.165) is 24.1 Å². The molecule has 1 aromatic heterocycles. The molecule has 1 aromatic rings. The molecule has 4 rings (SSSR count). The number of aromatic nitrogens is 2. The van der Waals surface area contributed by atoms with Crippen molar-refractivity contribution in [3.8, 4) is 0 Å². The summed E-state index contributed by atoms with van der Waals surface area (Å²) in [6.07, 6.45) is 12.6. The van der Waals surface area contributed by atoms with Crippen LogP contribution < -0.4 is 5.32 Å². The van der Waals surface area contributed by atoms with E-state index in [2.05, 4.69) is 15.5 Å². The highest BCUT2D eigenvalue weighted by atomic mass is 16.5. The maximum Gasteiger partial charge on any atom is 0.226 e. The van der Waals surface area contributed by atoms with Gasteiger partial charge in [0.1, 0.15) is 0 Å². The molecule has 0 aromatic carbocycles. The smallest absolute Gasteiger partial charge is 0.226 e. The number of carbonyl (C=O) groups is 1. The molecule has 0 aliphatic heterocycles. The van der Waals surface area contributed by atoms with Gasteiger partial charge in [0, 0.05) is 24.8 Å². The molecule has 0 saturated heterocycles. The van der Waals surface area contributed by atoms with E-state index in [1.807, 2.05) is 0 Å². The topological polar surface area (TPSA) is 68.0 Å². The molecular weight excluding hydrogens is 290 g/mol. The molecule has 0 bridgehead atoms. The largest absolute Gasteiger partial charge is 0.353 e. The van der Waals surface area contributed by atoms with Crippen LogP contribution >= 0.6 is 0 Å². The Bertz CT molecular complexity index is 546. The summed E-state index contributed by atoms with van der Waals surface area (Å²) in [5.74, 6) is 3.89. The Balaban J connectivity index is 1.13. The third-order valence-corrected chi connectivity index (χ3v) is 5.66. The molecule has 3 saturated carbocycles. The number of rotatable bonds is 7. The van der Waals surface area contributed by atoms with Gasteiger partial charge in [-0.25, -0.2) is 0 Å². The molecule has 0 radical (unpaired) electrons.